The van der Waals surface area contributed by atoms with Gasteiger partial charge in [-0.05, 0) is 11.8 Å². The maximum Gasteiger partial charge on any atom is 0.262 e. The Morgan fingerprint density at radius 2 is 2.27 bits per heavy atom. The number of rotatable bonds is 3. The van der Waals surface area contributed by atoms with E-state index in [-0.39, 0.29) is 0 Å². The molecule has 0 aliphatic carbocycles. The van der Waals surface area contributed by atoms with Crippen LogP contribution in [-0.4, -0.2) is 22.1 Å². The lowest BCUT2D eigenvalue weighted by molar-refractivity contribution is 0.397. The van der Waals surface area contributed by atoms with Crippen LogP contribution in [0.1, 0.15) is 0 Å². The molecule has 2 N–H and O–H groups in total. The topological polar surface area (TPSA) is 87.1 Å². The highest BCUT2D eigenvalue weighted by molar-refractivity contribution is 7.99. The van der Waals surface area contributed by atoms with Crippen molar-refractivity contribution < 1.29 is 9.15 Å². The van der Waals surface area contributed by atoms with Crippen LogP contribution >= 0.6 is 11.8 Å². The zero-order valence-electron chi connectivity index (χ0n) is 7.88. The van der Waals surface area contributed by atoms with Gasteiger partial charge in [-0.2, -0.15) is 4.98 Å². The molecule has 0 aliphatic heterocycles. The number of ether oxygens (including phenoxy) is 1. The van der Waals surface area contributed by atoms with Gasteiger partial charge in [0.1, 0.15) is 23.3 Å². The molecule has 0 saturated carbocycles. The Kier molecular flexibility index (Phi) is 2.72. The number of nitrogens with two attached hydrogens (primary N) is 1. The first-order chi connectivity index (χ1) is 7.31. The van der Waals surface area contributed by atoms with Gasteiger partial charge < -0.3 is 14.9 Å². The lowest BCUT2D eigenvalue weighted by atomic mass is 10.5. The molecule has 15 heavy (non-hydrogen) atoms. The fourth-order valence-corrected chi connectivity index (χ4v) is 1.63. The van der Waals surface area contributed by atoms with E-state index in [0.717, 1.165) is 0 Å². The predicted molar refractivity (Wildman–Crippen MR) is 53.6 cm³/mol. The second-order valence-corrected chi connectivity index (χ2v) is 3.44. The van der Waals surface area contributed by atoms with Crippen LogP contribution in [0.25, 0.3) is 0 Å². The highest BCUT2D eigenvalue weighted by Gasteiger charge is 2.11. The van der Waals surface area contributed by atoms with Crippen molar-refractivity contribution in [2.75, 3.05) is 12.8 Å². The lowest BCUT2D eigenvalue weighted by Crippen LogP contribution is -1.99. The maximum absolute atomic E-state index is 5.77. The van der Waals surface area contributed by atoms with Gasteiger partial charge in [-0.15, -0.1) is 0 Å². The maximum atomic E-state index is 5.77. The number of hydrogen-bond donors (Lipinski definition) is 1. The number of hydrogen-bond acceptors (Lipinski definition) is 7. The molecule has 0 saturated heterocycles. The second kappa shape index (κ2) is 4.18. The van der Waals surface area contributed by atoms with E-state index in [1.807, 2.05) is 0 Å². The standard InChI is InChI=1S/C8H8N4O2S/c1-13-6-5(9)7(12-4-11-6)15-8-10-2-3-14-8/h2-4H,9H2,1H3. The molecule has 0 radical (unpaired) electrons. The zero-order valence-corrected chi connectivity index (χ0v) is 8.69. The van der Waals surface area contributed by atoms with Crippen molar-refractivity contribution in [2.24, 2.45) is 0 Å². The van der Waals surface area contributed by atoms with E-state index in [9.17, 15) is 0 Å². The van der Waals surface area contributed by atoms with E-state index in [1.165, 1.54) is 31.5 Å². The Bertz CT molecular complexity index is 446. The Morgan fingerprint density at radius 1 is 1.40 bits per heavy atom. The molecular formula is C8H8N4O2S. The third kappa shape index (κ3) is 2.01. The van der Waals surface area contributed by atoms with Crippen LogP contribution in [-0.2, 0) is 0 Å². The normalized spacial score (nSPS) is 10.2. The number of methoxy groups -OCH3 is 1. The van der Waals surface area contributed by atoms with Crippen LogP contribution in [0.15, 0.2) is 33.5 Å². The third-order valence-corrected chi connectivity index (χ3v) is 2.49. The summed E-state index contributed by atoms with van der Waals surface area (Å²) in [6.07, 6.45) is 4.41. The van der Waals surface area contributed by atoms with Crippen molar-refractivity contribution in [3.8, 4) is 5.88 Å². The average molecular weight is 224 g/mol. The highest BCUT2D eigenvalue weighted by Crippen LogP contribution is 2.32. The molecule has 0 bridgehead atoms. The number of oxazole rings is 1. The average Bonchev–Trinajstić information content (AvgIpc) is 2.74. The minimum Gasteiger partial charge on any atom is -0.479 e. The molecule has 0 fully saturated rings. The molecule has 2 aromatic rings. The van der Waals surface area contributed by atoms with E-state index in [1.54, 1.807) is 6.20 Å². The molecule has 78 valence electrons. The van der Waals surface area contributed by atoms with Gasteiger partial charge in [0, 0.05) is 0 Å². The molecule has 0 aliphatic rings. The first-order valence-corrected chi connectivity index (χ1v) is 4.84. The first-order valence-electron chi connectivity index (χ1n) is 4.03. The molecule has 6 nitrogen and oxygen atoms in total. The van der Waals surface area contributed by atoms with Crippen LogP contribution in [0.3, 0.4) is 0 Å². The Hall–Kier alpha value is -1.76. The van der Waals surface area contributed by atoms with Gasteiger partial charge in [0.2, 0.25) is 5.88 Å². The summed E-state index contributed by atoms with van der Waals surface area (Å²) in [6.45, 7) is 0. The van der Waals surface area contributed by atoms with Crippen LogP contribution in [0, 0.1) is 0 Å². The fourth-order valence-electron chi connectivity index (χ4n) is 0.952. The van der Waals surface area contributed by atoms with Crippen molar-refractivity contribution in [1.82, 2.24) is 15.0 Å². The third-order valence-electron chi connectivity index (χ3n) is 1.60. The van der Waals surface area contributed by atoms with Crippen molar-refractivity contribution in [3.63, 3.8) is 0 Å². The number of anilines is 1. The molecule has 0 unspecified atom stereocenters. The van der Waals surface area contributed by atoms with Gasteiger partial charge in [0.25, 0.3) is 5.22 Å². The van der Waals surface area contributed by atoms with Gasteiger partial charge in [0.15, 0.2) is 0 Å². The minimum atomic E-state index is 0.346. The summed E-state index contributed by atoms with van der Waals surface area (Å²) in [4.78, 5) is 11.8. The van der Waals surface area contributed by atoms with Crippen LogP contribution < -0.4 is 10.5 Å². The summed E-state index contributed by atoms with van der Waals surface area (Å²) in [6, 6.07) is 0. The molecule has 2 rings (SSSR count). The minimum absolute atomic E-state index is 0.346. The first kappa shape index (κ1) is 9.78. The lowest BCUT2D eigenvalue weighted by Gasteiger charge is -2.04. The second-order valence-electron chi connectivity index (χ2n) is 2.50. The summed E-state index contributed by atoms with van der Waals surface area (Å²) >= 11 is 1.22. The number of aromatic nitrogens is 3. The largest absolute Gasteiger partial charge is 0.479 e. The Balaban J connectivity index is 2.29. The van der Waals surface area contributed by atoms with Gasteiger partial charge in [-0.25, -0.2) is 9.97 Å². The SMILES string of the molecule is COc1ncnc(Sc2ncco2)c1N. The van der Waals surface area contributed by atoms with E-state index in [2.05, 4.69) is 15.0 Å². The fraction of sp³-hybridized carbons (Fsp3) is 0.125. The molecule has 0 spiro atoms. The van der Waals surface area contributed by atoms with Crippen LogP contribution in [0.4, 0.5) is 5.69 Å². The van der Waals surface area contributed by atoms with Gasteiger partial charge in [0.05, 0.1) is 13.3 Å². The quantitative estimate of drug-likeness (QED) is 0.784. The number of nitrogen functional groups attached to an aromatic ring is 1. The van der Waals surface area contributed by atoms with Crippen molar-refractivity contribution in [1.29, 1.82) is 0 Å². The monoisotopic (exact) mass is 224 g/mol. The van der Waals surface area contributed by atoms with Crippen molar-refractivity contribution in [3.05, 3.63) is 18.8 Å². The van der Waals surface area contributed by atoms with E-state index < -0.39 is 0 Å². The summed E-state index contributed by atoms with van der Waals surface area (Å²) < 4.78 is 10.0. The van der Waals surface area contributed by atoms with Gasteiger partial charge >= 0.3 is 0 Å². The van der Waals surface area contributed by atoms with Crippen molar-refractivity contribution >= 4 is 17.4 Å². The molecular weight excluding hydrogens is 216 g/mol. The Morgan fingerprint density at radius 3 is 2.93 bits per heavy atom. The number of nitrogens with zero attached hydrogens (tertiary/aromatic N) is 3. The highest BCUT2D eigenvalue weighted by atomic mass is 32.2. The predicted octanol–water partition coefficient (Wildman–Crippen LogP) is 1.21. The van der Waals surface area contributed by atoms with Gasteiger partial charge in [-0.1, -0.05) is 0 Å². The van der Waals surface area contributed by atoms with Crippen LogP contribution in [0.5, 0.6) is 5.88 Å². The molecule has 7 heteroatoms. The van der Waals surface area contributed by atoms with Crippen molar-refractivity contribution in [2.45, 2.75) is 10.2 Å². The summed E-state index contributed by atoms with van der Waals surface area (Å²) in [5, 5.41) is 1.03. The van der Waals surface area contributed by atoms with E-state index >= 15 is 0 Å². The van der Waals surface area contributed by atoms with Gasteiger partial charge in [-0.3, -0.25) is 0 Å². The summed E-state index contributed by atoms with van der Waals surface area (Å²) in [5.41, 5.74) is 6.15. The van der Waals surface area contributed by atoms with E-state index in [0.29, 0.717) is 21.8 Å². The molecule has 2 aromatic heterocycles. The Labute approximate surface area is 89.9 Å². The summed E-state index contributed by atoms with van der Waals surface area (Å²) in [5.74, 6) is 0.346. The van der Waals surface area contributed by atoms with Crippen LogP contribution in [0.2, 0.25) is 0 Å². The zero-order chi connectivity index (χ0) is 10.7. The molecule has 0 amide bonds. The molecule has 2 heterocycles. The summed E-state index contributed by atoms with van der Waals surface area (Å²) in [7, 11) is 1.50. The van der Waals surface area contributed by atoms with E-state index in [4.69, 9.17) is 14.9 Å². The molecule has 0 aromatic carbocycles. The molecule has 0 atom stereocenters. The smallest absolute Gasteiger partial charge is 0.262 e.